The van der Waals surface area contributed by atoms with Crippen LogP contribution in [0.25, 0.3) is 0 Å². The molecule has 2 atom stereocenters. The second kappa shape index (κ2) is 26.5. The minimum Gasteiger partial charge on any atom is -0.445 e. The van der Waals surface area contributed by atoms with E-state index in [2.05, 4.69) is 10.6 Å². The molecular weight excluding hydrogens is 701 g/mol. The van der Waals surface area contributed by atoms with Crippen molar-refractivity contribution in [3.8, 4) is 0 Å². The van der Waals surface area contributed by atoms with Crippen LogP contribution in [0.3, 0.4) is 0 Å². The highest BCUT2D eigenvalue weighted by Crippen LogP contribution is 2.16. The molecule has 4 rings (SSSR count). The molecule has 4 aromatic rings. The lowest BCUT2D eigenvalue weighted by Gasteiger charge is -2.18. The number of hydrogen-bond acceptors (Lipinski definition) is 6. The van der Waals surface area contributed by atoms with Gasteiger partial charge in [-0.25, -0.2) is 9.59 Å². The molecule has 0 aromatic heterocycles. The van der Waals surface area contributed by atoms with Crippen molar-refractivity contribution in [1.82, 2.24) is 10.6 Å². The first kappa shape index (κ1) is 43.5. The number of amides is 2. The summed E-state index contributed by atoms with van der Waals surface area (Å²) in [6.45, 7) is 0.321. The van der Waals surface area contributed by atoms with Crippen molar-refractivity contribution in [3.63, 3.8) is 0 Å². The van der Waals surface area contributed by atoms with E-state index in [4.69, 9.17) is 9.47 Å². The Hall–Kier alpha value is -5.24. The fraction of sp³-hybridized carbons (Fsp3) is 0.417. The summed E-state index contributed by atoms with van der Waals surface area (Å²) in [5.41, 5.74) is 3.80. The molecule has 8 nitrogen and oxygen atoms in total. The number of carbonyl (C=O) groups is 4. The van der Waals surface area contributed by atoms with Crippen LogP contribution in [0.5, 0.6) is 0 Å². The maximum Gasteiger partial charge on any atom is 0.408 e. The molecule has 56 heavy (non-hydrogen) atoms. The van der Waals surface area contributed by atoms with Gasteiger partial charge in [0.05, 0.1) is 12.1 Å². The standard InChI is InChI=1S/C48H60N2O6/c51-45(43(35-39-25-15-11-16-26-39)49-47(53)55-37-41-29-19-13-20-30-41)33-23-9-7-5-3-1-2-4-6-8-10-24-34-46(52)44(36-40-27-17-12-18-28-40)50-48(54)56-38-42-31-21-14-22-32-42/h11-22,25-32,43-44H,1-10,23-24,33-38H2,(H,49,53)(H,50,54)/t43-,44-/m0/s1. The zero-order valence-electron chi connectivity index (χ0n) is 32.9. The predicted molar refractivity (Wildman–Crippen MR) is 222 cm³/mol. The maximum absolute atomic E-state index is 13.2. The molecule has 0 heterocycles. The molecule has 4 aromatic carbocycles. The fourth-order valence-electron chi connectivity index (χ4n) is 6.72. The third-order valence-electron chi connectivity index (χ3n) is 9.95. The van der Waals surface area contributed by atoms with Crippen molar-refractivity contribution in [2.45, 2.75) is 128 Å². The number of rotatable bonds is 27. The van der Waals surface area contributed by atoms with Crippen molar-refractivity contribution in [2.24, 2.45) is 0 Å². The van der Waals surface area contributed by atoms with Crippen LogP contribution >= 0.6 is 0 Å². The van der Waals surface area contributed by atoms with Gasteiger partial charge in [-0.05, 0) is 47.9 Å². The molecule has 2 amide bonds. The first-order chi connectivity index (χ1) is 27.5. The number of nitrogens with one attached hydrogen (secondary N) is 2. The Bertz CT molecular complexity index is 1560. The van der Waals surface area contributed by atoms with Gasteiger partial charge in [-0.15, -0.1) is 0 Å². The van der Waals surface area contributed by atoms with Gasteiger partial charge in [0.2, 0.25) is 0 Å². The van der Waals surface area contributed by atoms with E-state index in [0.29, 0.717) is 25.7 Å². The number of benzene rings is 4. The van der Waals surface area contributed by atoms with E-state index < -0.39 is 24.3 Å². The summed E-state index contributed by atoms with van der Waals surface area (Å²) in [4.78, 5) is 51.5. The van der Waals surface area contributed by atoms with E-state index in [1.807, 2.05) is 121 Å². The minimum atomic E-state index is -0.615. The topological polar surface area (TPSA) is 111 Å². The van der Waals surface area contributed by atoms with Gasteiger partial charge in [-0.3, -0.25) is 9.59 Å². The fourth-order valence-corrected chi connectivity index (χ4v) is 6.72. The number of alkyl carbamates (subject to hydrolysis) is 2. The van der Waals surface area contributed by atoms with Gasteiger partial charge in [0.1, 0.15) is 13.2 Å². The molecule has 0 fully saturated rings. The summed E-state index contributed by atoms with van der Waals surface area (Å²) in [6, 6.07) is 37.3. The Morgan fingerprint density at radius 3 is 0.946 bits per heavy atom. The van der Waals surface area contributed by atoms with Gasteiger partial charge in [-0.2, -0.15) is 0 Å². The van der Waals surface area contributed by atoms with Crippen molar-refractivity contribution in [3.05, 3.63) is 144 Å². The largest absolute Gasteiger partial charge is 0.445 e. The second-order valence-electron chi connectivity index (χ2n) is 14.6. The van der Waals surface area contributed by atoms with Gasteiger partial charge < -0.3 is 20.1 Å². The number of unbranched alkanes of at least 4 members (excludes halogenated alkanes) is 11. The van der Waals surface area contributed by atoms with E-state index in [0.717, 1.165) is 73.6 Å². The van der Waals surface area contributed by atoms with E-state index in [1.54, 1.807) is 0 Å². The summed E-state index contributed by atoms with van der Waals surface area (Å²) in [5, 5.41) is 5.64. The van der Waals surface area contributed by atoms with Crippen molar-refractivity contribution >= 4 is 23.8 Å². The average molecular weight is 761 g/mol. The lowest BCUT2D eigenvalue weighted by atomic mass is 9.98. The zero-order valence-corrected chi connectivity index (χ0v) is 32.9. The Balaban J connectivity index is 1.03. The van der Waals surface area contributed by atoms with Gasteiger partial charge >= 0.3 is 12.2 Å². The van der Waals surface area contributed by atoms with Crippen LogP contribution in [0.1, 0.15) is 112 Å². The predicted octanol–water partition coefficient (Wildman–Crippen LogP) is 10.7. The molecule has 0 aliphatic rings. The molecule has 0 radical (unpaired) electrons. The summed E-state index contributed by atoms with van der Waals surface area (Å²) in [6.07, 6.45) is 13.6. The van der Waals surface area contributed by atoms with Crippen molar-refractivity contribution in [2.75, 3.05) is 0 Å². The number of ketones is 2. The highest BCUT2D eigenvalue weighted by Gasteiger charge is 2.23. The van der Waals surface area contributed by atoms with Crippen LogP contribution in [-0.2, 0) is 45.1 Å². The smallest absolute Gasteiger partial charge is 0.408 e. The van der Waals surface area contributed by atoms with Crippen LogP contribution in [-0.4, -0.2) is 35.8 Å². The molecule has 0 aliphatic heterocycles. The number of hydrogen-bond donors (Lipinski definition) is 2. The molecule has 0 aliphatic carbocycles. The summed E-state index contributed by atoms with van der Waals surface area (Å²) < 4.78 is 10.8. The van der Waals surface area contributed by atoms with Gasteiger partial charge in [-0.1, -0.05) is 186 Å². The normalized spacial score (nSPS) is 11.9. The summed E-state index contributed by atoms with van der Waals surface area (Å²) >= 11 is 0. The third-order valence-corrected chi connectivity index (χ3v) is 9.95. The highest BCUT2D eigenvalue weighted by molar-refractivity contribution is 5.88. The van der Waals surface area contributed by atoms with Gasteiger partial charge in [0, 0.05) is 12.8 Å². The van der Waals surface area contributed by atoms with E-state index in [-0.39, 0.29) is 24.8 Å². The number of carbonyl (C=O) groups excluding carboxylic acids is 4. The zero-order chi connectivity index (χ0) is 39.5. The minimum absolute atomic E-state index is 0.0396. The Morgan fingerprint density at radius 1 is 0.375 bits per heavy atom. The quantitative estimate of drug-likeness (QED) is 0.0586. The van der Waals surface area contributed by atoms with Crippen LogP contribution < -0.4 is 10.6 Å². The van der Waals surface area contributed by atoms with Gasteiger partial charge in [0.25, 0.3) is 0 Å². The molecule has 0 bridgehead atoms. The first-order valence-electron chi connectivity index (χ1n) is 20.5. The van der Waals surface area contributed by atoms with Crippen LogP contribution in [0, 0.1) is 0 Å². The lowest BCUT2D eigenvalue weighted by Crippen LogP contribution is -2.42. The molecule has 0 saturated carbocycles. The number of Topliss-reactive ketones (excluding diaryl/α,β-unsaturated/α-hetero) is 2. The van der Waals surface area contributed by atoms with Crippen LogP contribution in [0.4, 0.5) is 9.59 Å². The van der Waals surface area contributed by atoms with Crippen LogP contribution in [0.2, 0.25) is 0 Å². The lowest BCUT2D eigenvalue weighted by molar-refractivity contribution is -0.121. The molecular formula is C48H60N2O6. The molecule has 0 unspecified atom stereocenters. The van der Waals surface area contributed by atoms with Crippen molar-refractivity contribution < 1.29 is 28.7 Å². The third kappa shape index (κ3) is 18.4. The number of ether oxygens (including phenoxy) is 2. The Morgan fingerprint density at radius 2 is 0.643 bits per heavy atom. The van der Waals surface area contributed by atoms with E-state index in [1.165, 1.54) is 25.7 Å². The Kier molecular flexibility index (Phi) is 20.6. The molecule has 2 N–H and O–H groups in total. The van der Waals surface area contributed by atoms with Gasteiger partial charge in [0.15, 0.2) is 11.6 Å². The van der Waals surface area contributed by atoms with E-state index >= 15 is 0 Å². The van der Waals surface area contributed by atoms with E-state index in [9.17, 15) is 19.2 Å². The highest BCUT2D eigenvalue weighted by atomic mass is 16.6. The summed E-state index contributed by atoms with van der Waals surface area (Å²) in [5.74, 6) is 0.0792. The maximum atomic E-state index is 13.2. The average Bonchev–Trinajstić information content (AvgIpc) is 3.23. The molecule has 298 valence electrons. The molecule has 0 spiro atoms. The SMILES string of the molecule is O=C(N[C@@H](Cc1ccccc1)C(=O)CCCCCCCCCCCCCCC(=O)[C@H](Cc1ccccc1)NC(=O)OCc1ccccc1)OCc1ccccc1. The van der Waals surface area contributed by atoms with Crippen LogP contribution in [0.15, 0.2) is 121 Å². The monoisotopic (exact) mass is 760 g/mol. The molecule has 8 heteroatoms. The molecule has 0 saturated heterocycles. The summed E-state index contributed by atoms with van der Waals surface area (Å²) in [7, 11) is 0. The first-order valence-corrected chi connectivity index (χ1v) is 20.5. The van der Waals surface area contributed by atoms with Crippen molar-refractivity contribution in [1.29, 1.82) is 0 Å². The second-order valence-corrected chi connectivity index (χ2v) is 14.6. The Labute approximate surface area is 333 Å².